The van der Waals surface area contributed by atoms with E-state index in [2.05, 4.69) is 24.7 Å². The van der Waals surface area contributed by atoms with E-state index in [0.29, 0.717) is 11.6 Å². The Morgan fingerprint density at radius 3 is 2.53 bits per heavy atom. The van der Waals surface area contributed by atoms with E-state index in [1.807, 2.05) is 68.3 Å². The van der Waals surface area contributed by atoms with Crippen molar-refractivity contribution >= 4 is 28.4 Å². The lowest BCUT2D eigenvalue weighted by Gasteiger charge is -2.22. The Morgan fingerprint density at radius 1 is 1.06 bits per heavy atom. The molecule has 162 valence electrons. The summed E-state index contributed by atoms with van der Waals surface area (Å²) in [6.07, 6.45) is 3.53. The molecular formula is C24H23N5O3. The maximum absolute atomic E-state index is 11.6. The second-order valence-electron chi connectivity index (χ2n) is 7.16. The van der Waals surface area contributed by atoms with Gasteiger partial charge in [0.25, 0.3) is 0 Å². The van der Waals surface area contributed by atoms with E-state index in [0.717, 1.165) is 34.4 Å². The molecule has 0 spiro atoms. The molecule has 0 saturated heterocycles. The van der Waals surface area contributed by atoms with Crippen LogP contribution < -0.4 is 9.64 Å². The topological polar surface area (TPSA) is 90.3 Å². The van der Waals surface area contributed by atoms with E-state index in [4.69, 9.17) is 4.74 Å². The summed E-state index contributed by atoms with van der Waals surface area (Å²) in [6.45, 7) is 3.93. The second-order valence-corrected chi connectivity index (χ2v) is 7.16. The SMILES string of the molecule is CCc1ccc(N(C)c2nc(C)nc3ccccc23)cc1Oc1ncc(C(=O)OC)cn1. The van der Waals surface area contributed by atoms with Crippen LogP contribution in [0.15, 0.2) is 54.9 Å². The van der Waals surface area contributed by atoms with Crippen LogP contribution in [0.25, 0.3) is 10.9 Å². The van der Waals surface area contributed by atoms with Crippen LogP contribution in [0, 0.1) is 6.92 Å². The highest BCUT2D eigenvalue weighted by Gasteiger charge is 2.15. The third kappa shape index (κ3) is 4.20. The number of ether oxygens (including phenoxy) is 2. The highest BCUT2D eigenvalue weighted by atomic mass is 16.5. The maximum atomic E-state index is 11.6. The summed E-state index contributed by atoms with van der Waals surface area (Å²) in [5.74, 6) is 1.65. The number of benzene rings is 2. The Morgan fingerprint density at radius 2 is 1.81 bits per heavy atom. The van der Waals surface area contributed by atoms with Crippen molar-refractivity contribution in [3.63, 3.8) is 0 Å². The van der Waals surface area contributed by atoms with Crippen molar-refractivity contribution in [2.45, 2.75) is 20.3 Å². The molecule has 0 aliphatic rings. The van der Waals surface area contributed by atoms with Crippen LogP contribution in [0.3, 0.4) is 0 Å². The first kappa shape index (κ1) is 21.2. The Kier molecular flexibility index (Phi) is 5.93. The maximum Gasteiger partial charge on any atom is 0.341 e. The molecule has 4 rings (SSSR count). The van der Waals surface area contributed by atoms with Crippen molar-refractivity contribution in [2.75, 3.05) is 19.1 Å². The Balaban J connectivity index is 1.69. The smallest absolute Gasteiger partial charge is 0.341 e. The molecule has 0 aliphatic carbocycles. The summed E-state index contributed by atoms with van der Waals surface area (Å²) < 4.78 is 10.7. The molecule has 4 aromatic rings. The van der Waals surface area contributed by atoms with Gasteiger partial charge in [0.15, 0.2) is 0 Å². The average Bonchev–Trinajstić information content (AvgIpc) is 2.83. The lowest BCUT2D eigenvalue weighted by molar-refractivity contribution is 0.0599. The van der Waals surface area contributed by atoms with Gasteiger partial charge in [-0.25, -0.2) is 24.7 Å². The van der Waals surface area contributed by atoms with Gasteiger partial charge in [-0.1, -0.05) is 25.1 Å². The third-order valence-electron chi connectivity index (χ3n) is 5.08. The van der Waals surface area contributed by atoms with Crippen molar-refractivity contribution in [1.82, 2.24) is 19.9 Å². The Bertz CT molecular complexity index is 1270. The van der Waals surface area contributed by atoms with Crippen molar-refractivity contribution in [2.24, 2.45) is 0 Å². The zero-order valence-electron chi connectivity index (χ0n) is 18.4. The number of fused-ring (bicyclic) bond motifs is 1. The molecule has 0 amide bonds. The van der Waals surface area contributed by atoms with Crippen molar-refractivity contribution in [1.29, 1.82) is 0 Å². The lowest BCUT2D eigenvalue weighted by Crippen LogP contribution is -2.13. The van der Waals surface area contributed by atoms with Crippen LogP contribution in [-0.4, -0.2) is 40.1 Å². The van der Waals surface area contributed by atoms with E-state index in [1.165, 1.54) is 19.5 Å². The molecule has 32 heavy (non-hydrogen) atoms. The molecule has 0 N–H and O–H groups in total. The first-order valence-electron chi connectivity index (χ1n) is 10.2. The zero-order chi connectivity index (χ0) is 22.7. The van der Waals surface area contributed by atoms with Gasteiger partial charge < -0.3 is 14.4 Å². The molecule has 8 heteroatoms. The van der Waals surface area contributed by atoms with Gasteiger partial charge >= 0.3 is 12.0 Å². The summed E-state index contributed by atoms with van der Waals surface area (Å²) in [5.41, 5.74) is 3.05. The molecule has 0 unspecified atom stereocenters. The minimum atomic E-state index is -0.498. The largest absolute Gasteiger partial charge is 0.465 e. The van der Waals surface area contributed by atoms with Gasteiger partial charge in [-0.3, -0.25) is 0 Å². The van der Waals surface area contributed by atoms with Crippen LogP contribution in [0.1, 0.15) is 28.7 Å². The lowest BCUT2D eigenvalue weighted by atomic mass is 10.1. The number of rotatable bonds is 6. The molecule has 0 aliphatic heterocycles. The predicted octanol–water partition coefficient (Wildman–Crippen LogP) is 4.64. The number of carbonyl (C=O) groups is 1. The van der Waals surface area contributed by atoms with E-state index < -0.39 is 5.97 Å². The number of esters is 1. The molecule has 0 atom stereocenters. The number of aromatic nitrogens is 4. The standard InChI is InChI=1S/C24H23N5O3/c1-5-16-10-11-18(12-21(16)32-24-25-13-17(14-26-24)23(30)31-4)29(3)22-19-8-6-7-9-20(19)27-15(2)28-22/h6-14H,5H2,1-4H3. The summed E-state index contributed by atoms with van der Waals surface area (Å²) in [5, 5.41) is 0.962. The predicted molar refractivity (Wildman–Crippen MR) is 122 cm³/mol. The molecule has 0 bridgehead atoms. The van der Waals surface area contributed by atoms with Gasteiger partial charge in [0.05, 0.1) is 18.2 Å². The van der Waals surface area contributed by atoms with Crippen molar-refractivity contribution in [3.05, 3.63) is 71.8 Å². The van der Waals surface area contributed by atoms with Crippen molar-refractivity contribution in [3.8, 4) is 11.8 Å². The van der Waals surface area contributed by atoms with Gasteiger partial charge in [-0.05, 0) is 37.1 Å². The van der Waals surface area contributed by atoms with E-state index in [9.17, 15) is 4.79 Å². The Labute approximate surface area is 185 Å². The molecular weight excluding hydrogens is 406 g/mol. The zero-order valence-corrected chi connectivity index (χ0v) is 18.4. The fourth-order valence-electron chi connectivity index (χ4n) is 3.38. The Hall–Kier alpha value is -4.07. The minimum Gasteiger partial charge on any atom is -0.465 e. The summed E-state index contributed by atoms with van der Waals surface area (Å²) >= 11 is 0. The van der Waals surface area contributed by atoms with E-state index in [1.54, 1.807) is 0 Å². The summed E-state index contributed by atoms with van der Waals surface area (Å²) in [7, 11) is 3.27. The second kappa shape index (κ2) is 8.97. The molecule has 2 aromatic heterocycles. The normalized spacial score (nSPS) is 10.8. The number of methoxy groups -OCH3 is 1. The van der Waals surface area contributed by atoms with Crippen LogP contribution >= 0.6 is 0 Å². The highest BCUT2D eigenvalue weighted by Crippen LogP contribution is 2.33. The van der Waals surface area contributed by atoms with Crippen LogP contribution in [-0.2, 0) is 11.2 Å². The molecule has 2 heterocycles. The molecule has 8 nitrogen and oxygen atoms in total. The number of para-hydroxylation sites is 1. The number of aryl methyl sites for hydroxylation is 2. The quantitative estimate of drug-likeness (QED) is 0.410. The van der Waals surface area contributed by atoms with Crippen LogP contribution in [0.5, 0.6) is 11.8 Å². The third-order valence-corrected chi connectivity index (χ3v) is 5.08. The van der Waals surface area contributed by atoms with Gasteiger partial charge in [0, 0.05) is 36.6 Å². The van der Waals surface area contributed by atoms with Crippen LogP contribution in [0.4, 0.5) is 11.5 Å². The van der Waals surface area contributed by atoms with Gasteiger partial charge in [-0.15, -0.1) is 0 Å². The van der Waals surface area contributed by atoms with Gasteiger partial charge in [-0.2, -0.15) is 0 Å². The number of carbonyl (C=O) groups excluding carboxylic acids is 1. The molecule has 2 aromatic carbocycles. The number of hydrogen-bond donors (Lipinski definition) is 0. The summed E-state index contributed by atoms with van der Waals surface area (Å²) in [6, 6.07) is 14.0. The molecule has 0 saturated carbocycles. The average molecular weight is 429 g/mol. The molecule has 0 fully saturated rings. The fourth-order valence-corrected chi connectivity index (χ4v) is 3.38. The van der Waals surface area contributed by atoms with Gasteiger partial charge in [0.2, 0.25) is 0 Å². The monoisotopic (exact) mass is 429 g/mol. The minimum absolute atomic E-state index is 0.149. The van der Waals surface area contributed by atoms with Gasteiger partial charge in [0.1, 0.15) is 17.4 Å². The number of anilines is 2. The molecule has 0 radical (unpaired) electrons. The first-order valence-corrected chi connectivity index (χ1v) is 10.2. The van der Waals surface area contributed by atoms with E-state index >= 15 is 0 Å². The number of hydrogen-bond acceptors (Lipinski definition) is 8. The van der Waals surface area contributed by atoms with Crippen molar-refractivity contribution < 1.29 is 14.3 Å². The number of nitrogens with zero attached hydrogens (tertiary/aromatic N) is 5. The van der Waals surface area contributed by atoms with Crippen LogP contribution in [0.2, 0.25) is 0 Å². The summed E-state index contributed by atoms with van der Waals surface area (Å²) in [4.78, 5) is 31.1. The first-order chi connectivity index (χ1) is 15.5. The highest BCUT2D eigenvalue weighted by molar-refractivity contribution is 5.91. The fraction of sp³-hybridized carbons (Fsp3) is 0.208. The van der Waals surface area contributed by atoms with E-state index in [-0.39, 0.29) is 11.6 Å².